The van der Waals surface area contributed by atoms with Crippen LogP contribution < -0.4 is 0 Å². The molecule has 0 rings (SSSR count). The molecule has 1 atom stereocenters. The molecule has 0 amide bonds. The Hall–Kier alpha value is -0.353. The minimum atomic E-state index is -2.09. The van der Waals surface area contributed by atoms with Gasteiger partial charge in [0.1, 0.15) is 0 Å². The number of hydrogen-bond donors (Lipinski definition) is 1. The molecule has 72 valence electrons. The lowest BCUT2D eigenvalue weighted by atomic mass is 10.1. The van der Waals surface area contributed by atoms with E-state index in [1.165, 1.54) is 0 Å². The summed E-state index contributed by atoms with van der Waals surface area (Å²) in [6.45, 7) is 7.53. The van der Waals surface area contributed by atoms with Crippen molar-refractivity contribution in [2.75, 3.05) is 7.11 Å². The molecule has 0 aromatic rings. The van der Waals surface area contributed by atoms with Crippen LogP contribution in [0.25, 0.3) is 0 Å². The van der Waals surface area contributed by atoms with Crippen molar-refractivity contribution in [1.29, 1.82) is 0 Å². The minimum absolute atomic E-state index is 0.620. The van der Waals surface area contributed by atoms with Gasteiger partial charge in [-0.2, -0.15) is 0 Å². The highest BCUT2D eigenvalue weighted by Crippen LogP contribution is 2.41. The smallest absolute Gasteiger partial charge is 0.308 e. The summed E-state index contributed by atoms with van der Waals surface area (Å²) < 4.78 is 5.31. The quantitative estimate of drug-likeness (QED) is 0.690. The Labute approximate surface area is 74.9 Å². The third-order valence-electron chi connectivity index (χ3n) is 3.02. The monoisotopic (exact) mass is 190 g/mol. The third-order valence-corrected chi connectivity index (χ3v) is 7.26. The van der Waals surface area contributed by atoms with E-state index in [2.05, 4.69) is 0 Å². The lowest BCUT2D eigenvalue weighted by molar-refractivity contribution is -0.140. The van der Waals surface area contributed by atoms with Crippen molar-refractivity contribution in [2.45, 2.75) is 38.4 Å². The fraction of sp³-hybridized carbons (Fsp3) is 0.875. The molecule has 12 heavy (non-hydrogen) atoms. The molecule has 0 saturated heterocycles. The van der Waals surface area contributed by atoms with Gasteiger partial charge in [0.25, 0.3) is 0 Å². The maximum absolute atomic E-state index is 11.0. The third kappa shape index (κ3) is 1.69. The van der Waals surface area contributed by atoms with E-state index < -0.39 is 19.3 Å². The summed E-state index contributed by atoms with van der Waals surface area (Å²) in [5.41, 5.74) is 0. The maximum Gasteiger partial charge on any atom is 0.308 e. The van der Waals surface area contributed by atoms with Crippen molar-refractivity contribution in [3.8, 4) is 0 Å². The van der Waals surface area contributed by atoms with Crippen molar-refractivity contribution in [1.82, 2.24) is 0 Å². The van der Waals surface area contributed by atoms with Gasteiger partial charge in [0, 0.05) is 7.11 Å². The molecule has 0 spiro atoms. The van der Waals surface area contributed by atoms with Crippen LogP contribution in [0.2, 0.25) is 18.1 Å². The Kier molecular flexibility index (Phi) is 3.47. The fourth-order valence-corrected chi connectivity index (χ4v) is 2.88. The van der Waals surface area contributed by atoms with E-state index in [1.807, 2.05) is 20.0 Å². The highest BCUT2D eigenvalue weighted by molar-refractivity contribution is 6.77. The molecular weight excluding hydrogens is 172 g/mol. The normalized spacial score (nSPS) is 17.1. The summed E-state index contributed by atoms with van der Waals surface area (Å²) in [5, 5.41) is 8.38. The average Bonchev–Trinajstić information content (AvgIpc) is 2.02. The van der Waals surface area contributed by atoms with Gasteiger partial charge in [-0.3, -0.25) is 4.79 Å². The first-order chi connectivity index (χ1) is 5.31. The standard InChI is InChI=1S/C8H18O3Si/c1-6-8(2,7(9)10)12(4,5)11-3/h6H2,1-5H3,(H,9,10). The van der Waals surface area contributed by atoms with Gasteiger partial charge in [-0.25, -0.2) is 0 Å². The molecule has 0 bridgehead atoms. The van der Waals surface area contributed by atoms with E-state index in [1.54, 1.807) is 14.0 Å². The first-order valence-electron chi connectivity index (χ1n) is 4.10. The van der Waals surface area contributed by atoms with Crippen molar-refractivity contribution in [2.24, 2.45) is 0 Å². The predicted molar refractivity (Wildman–Crippen MR) is 50.8 cm³/mol. The van der Waals surface area contributed by atoms with Gasteiger partial charge in [-0.05, 0) is 26.4 Å². The van der Waals surface area contributed by atoms with Crippen LogP contribution >= 0.6 is 0 Å². The van der Waals surface area contributed by atoms with Crippen LogP contribution in [0, 0.1) is 0 Å². The summed E-state index contributed by atoms with van der Waals surface area (Å²) in [5.74, 6) is -0.747. The molecule has 0 saturated carbocycles. The second-order valence-corrected chi connectivity index (χ2v) is 8.24. The molecule has 0 fully saturated rings. The lowest BCUT2D eigenvalue weighted by Gasteiger charge is -2.36. The van der Waals surface area contributed by atoms with Crippen LogP contribution in [-0.2, 0) is 9.22 Å². The first-order valence-corrected chi connectivity index (χ1v) is 7.01. The zero-order chi connectivity index (χ0) is 9.99. The average molecular weight is 190 g/mol. The second-order valence-electron chi connectivity index (χ2n) is 3.71. The van der Waals surface area contributed by atoms with E-state index in [9.17, 15) is 4.79 Å². The van der Waals surface area contributed by atoms with Gasteiger partial charge in [-0.15, -0.1) is 0 Å². The number of aliphatic carboxylic acids is 1. The number of carboxylic acids is 1. The van der Waals surface area contributed by atoms with Crippen molar-refractivity contribution in [3.05, 3.63) is 0 Å². The zero-order valence-corrected chi connectivity index (χ0v) is 9.47. The van der Waals surface area contributed by atoms with E-state index in [4.69, 9.17) is 9.53 Å². The second kappa shape index (κ2) is 3.58. The van der Waals surface area contributed by atoms with Gasteiger partial charge in [0.15, 0.2) is 0 Å². The molecule has 0 aromatic carbocycles. The molecule has 0 aliphatic carbocycles. The maximum atomic E-state index is 11.0. The molecule has 1 N–H and O–H groups in total. The summed E-state index contributed by atoms with van der Waals surface area (Å²) in [6.07, 6.45) is 0.620. The fourth-order valence-electron chi connectivity index (χ4n) is 1.06. The largest absolute Gasteiger partial charge is 0.481 e. The van der Waals surface area contributed by atoms with E-state index >= 15 is 0 Å². The van der Waals surface area contributed by atoms with Crippen LogP contribution in [0.5, 0.6) is 0 Å². The number of carboxylic acid groups (broad SMARTS) is 1. The molecule has 3 nitrogen and oxygen atoms in total. The van der Waals surface area contributed by atoms with Crippen molar-refractivity contribution in [3.63, 3.8) is 0 Å². The van der Waals surface area contributed by atoms with Gasteiger partial charge >= 0.3 is 5.97 Å². The van der Waals surface area contributed by atoms with Gasteiger partial charge in [0.05, 0.1) is 5.04 Å². The molecule has 0 aliphatic rings. The van der Waals surface area contributed by atoms with E-state index in [0.29, 0.717) is 6.42 Å². The summed E-state index contributed by atoms with van der Waals surface area (Å²) in [7, 11) is -0.493. The van der Waals surface area contributed by atoms with Gasteiger partial charge in [-0.1, -0.05) is 6.92 Å². The van der Waals surface area contributed by atoms with Crippen LogP contribution in [0.4, 0.5) is 0 Å². The number of carbonyl (C=O) groups is 1. The molecule has 0 radical (unpaired) electrons. The summed E-state index contributed by atoms with van der Waals surface area (Å²) >= 11 is 0. The molecule has 1 unspecified atom stereocenters. The minimum Gasteiger partial charge on any atom is -0.481 e. The van der Waals surface area contributed by atoms with E-state index in [0.717, 1.165) is 0 Å². The highest BCUT2D eigenvalue weighted by Gasteiger charge is 2.48. The van der Waals surface area contributed by atoms with Crippen LogP contribution in [0.1, 0.15) is 20.3 Å². The highest BCUT2D eigenvalue weighted by atomic mass is 28.4. The molecular formula is C8H18O3Si. The number of rotatable bonds is 4. The van der Waals surface area contributed by atoms with Crippen LogP contribution in [0.15, 0.2) is 0 Å². The molecule has 0 heterocycles. The van der Waals surface area contributed by atoms with Crippen LogP contribution in [0.3, 0.4) is 0 Å². The van der Waals surface area contributed by atoms with Gasteiger partial charge in [0.2, 0.25) is 8.32 Å². The zero-order valence-electron chi connectivity index (χ0n) is 8.47. The molecule has 0 aliphatic heterocycles. The first kappa shape index (κ1) is 11.6. The Bertz CT molecular complexity index is 179. The Morgan fingerprint density at radius 1 is 1.58 bits per heavy atom. The Balaban J connectivity index is 4.87. The van der Waals surface area contributed by atoms with Crippen molar-refractivity contribution < 1.29 is 14.3 Å². The Morgan fingerprint density at radius 2 is 2.00 bits per heavy atom. The molecule has 0 aromatic heterocycles. The summed E-state index contributed by atoms with van der Waals surface area (Å²) in [4.78, 5) is 11.0. The van der Waals surface area contributed by atoms with Crippen LogP contribution in [-0.4, -0.2) is 26.5 Å². The topological polar surface area (TPSA) is 46.5 Å². The summed E-state index contributed by atoms with van der Waals surface area (Å²) in [6, 6.07) is 0. The van der Waals surface area contributed by atoms with E-state index in [-0.39, 0.29) is 0 Å². The molecule has 4 heteroatoms. The number of hydrogen-bond acceptors (Lipinski definition) is 2. The Morgan fingerprint density at radius 3 is 2.08 bits per heavy atom. The predicted octanol–water partition coefficient (Wildman–Crippen LogP) is 2.09. The lowest BCUT2D eigenvalue weighted by Crippen LogP contribution is -2.47. The van der Waals surface area contributed by atoms with Crippen molar-refractivity contribution >= 4 is 14.3 Å². The SMILES string of the molecule is CCC(C)(C(=O)O)[Si](C)(C)OC. The van der Waals surface area contributed by atoms with Gasteiger partial charge < -0.3 is 9.53 Å².